The zero-order valence-electron chi connectivity index (χ0n) is 7.71. The van der Waals surface area contributed by atoms with E-state index < -0.39 is 24.7 Å². The van der Waals surface area contributed by atoms with E-state index in [1.54, 1.807) is 11.4 Å². The summed E-state index contributed by atoms with van der Waals surface area (Å²) in [5, 5.41) is 12.4. The number of halogens is 4. The molecule has 16 heavy (non-hydrogen) atoms. The van der Waals surface area contributed by atoms with E-state index in [4.69, 9.17) is 5.11 Å². The van der Waals surface area contributed by atoms with E-state index in [1.807, 2.05) is 5.32 Å². The summed E-state index contributed by atoms with van der Waals surface area (Å²) < 4.78 is 36.4. The fourth-order valence-corrected chi connectivity index (χ4v) is 2.69. The molecule has 0 bridgehead atoms. The Hall–Kier alpha value is -0.600. The van der Waals surface area contributed by atoms with Crippen LogP contribution in [-0.4, -0.2) is 23.8 Å². The lowest BCUT2D eigenvalue weighted by atomic mass is 10.2. The lowest BCUT2D eigenvalue weighted by Crippen LogP contribution is -2.35. The number of carboxylic acid groups (broad SMARTS) is 1. The molecule has 0 amide bonds. The van der Waals surface area contributed by atoms with Crippen molar-refractivity contribution in [3.05, 3.63) is 20.8 Å². The molecule has 3 nitrogen and oxygen atoms in total. The van der Waals surface area contributed by atoms with Crippen molar-refractivity contribution in [3.63, 3.8) is 0 Å². The predicted molar refractivity (Wildman–Crippen MR) is 56.5 cm³/mol. The highest BCUT2D eigenvalue weighted by Gasteiger charge is 2.31. The molecule has 1 atom stereocenters. The second-order valence-corrected chi connectivity index (χ2v) is 4.70. The van der Waals surface area contributed by atoms with Gasteiger partial charge in [-0.3, -0.25) is 10.1 Å². The first kappa shape index (κ1) is 13.5. The molecule has 2 N–H and O–H groups in total. The van der Waals surface area contributed by atoms with Gasteiger partial charge in [0.15, 0.2) is 0 Å². The third-order valence-corrected chi connectivity index (χ3v) is 3.60. The van der Waals surface area contributed by atoms with Gasteiger partial charge in [-0.25, -0.2) is 0 Å². The average Bonchev–Trinajstić information content (AvgIpc) is 2.50. The Morgan fingerprint density at radius 1 is 1.62 bits per heavy atom. The van der Waals surface area contributed by atoms with Gasteiger partial charge in [0.05, 0.1) is 6.54 Å². The van der Waals surface area contributed by atoms with Gasteiger partial charge in [-0.2, -0.15) is 13.2 Å². The van der Waals surface area contributed by atoms with Crippen LogP contribution in [-0.2, 0) is 4.79 Å². The van der Waals surface area contributed by atoms with Crippen LogP contribution in [0.5, 0.6) is 0 Å². The maximum Gasteiger partial charge on any atom is 0.401 e. The van der Waals surface area contributed by atoms with Crippen LogP contribution in [0.1, 0.15) is 10.9 Å². The molecule has 1 aromatic rings. The molecule has 0 saturated heterocycles. The number of hydrogen-bond acceptors (Lipinski definition) is 3. The molecule has 0 aliphatic rings. The third-order valence-electron chi connectivity index (χ3n) is 1.66. The standard InChI is InChI=1S/C8H7BrF3NO2S/c9-4-1-2-16-6(4)5(7(14)15)13-3-8(10,11)12/h1-2,5,13H,3H2,(H,14,15). The molecule has 1 rings (SSSR count). The zero-order valence-corrected chi connectivity index (χ0v) is 10.1. The first-order chi connectivity index (χ1) is 7.31. The highest BCUT2D eigenvalue weighted by atomic mass is 79.9. The molecule has 1 heterocycles. The van der Waals surface area contributed by atoms with Crippen molar-refractivity contribution in [2.24, 2.45) is 0 Å². The molecule has 0 aromatic carbocycles. The van der Waals surface area contributed by atoms with E-state index in [0.29, 0.717) is 9.35 Å². The van der Waals surface area contributed by atoms with E-state index in [-0.39, 0.29) is 0 Å². The van der Waals surface area contributed by atoms with Crippen LogP contribution in [0.15, 0.2) is 15.9 Å². The van der Waals surface area contributed by atoms with Crippen LogP contribution in [0.4, 0.5) is 13.2 Å². The highest BCUT2D eigenvalue weighted by molar-refractivity contribution is 9.10. The van der Waals surface area contributed by atoms with Crippen LogP contribution in [0.25, 0.3) is 0 Å². The van der Waals surface area contributed by atoms with Crippen LogP contribution in [0, 0.1) is 0 Å². The minimum Gasteiger partial charge on any atom is -0.480 e. The van der Waals surface area contributed by atoms with Gasteiger partial charge < -0.3 is 5.11 Å². The fourth-order valence-electron chi connectivity index (χ4n) is 1.02. The number of alkyl halides is 3. The molecule has 0 saturated carbocycles. The average molecular weight is 318 g/mol. The highest BCUT2D eigenvalue weighted by Crippen LogP contribution is 2.29. The van der Waals surface area contributed by atoms with Crippen molar-refractivity contribution < 1.29 is 23.1 Å². The van der Waals surface area contributed by atoms with E-state index in [0.717, 1.165) is 11.3 Å². The van der Waals surface area contributed by atoms with Gasteiger partial charge in [0.2, 0.25) is 0 Å². The largest absolute Gasteiger partial charge is 0.480 e. The van der Waals surface area contributed by atoms with Gasteiger partial charge in [0.1, 0.15) is 6.04 Å². The van der Waals surface area contributed by atoms with E-state index in [2.05, 4.69) is 15.9 Å². The molecule has 0 spiro atoms. The predicted octanol–water partition coefficient (Wildman–Crippen LogP) is 2.79. The topological polar surface area (TPSA) is 49.3 Å². The first-order valence-corrected chi connectivity index (χ1v) is 5.74. The van der Waals surface area contributed by atoms with Crippen LogP contribution < -0.4 is 5.32 Å². The summed E-state index contributed by atoms with van der Waals surface area (Å²) in [7, 11) is 0. The maximum atomic E-state index is 12.0. The Kier molecular flexibility index (Phi) is 4.34. The Balaban J connectivity index is 2.78. The van der Waals surface area contributed by atoms with Crippen LogP contribution in [0.2, 0.25) is 0 Å². The molecular formula is C8H7BrF3NO2S. The molecule has 90 valence electrons. The van der Waals surface area contributed by atoms with Gasteiger partial charge in [-0.15, -0.1) is 11.3 Å². The Labute approximate surface area is 101 Å². The van der Waals surface area contributed by atoms with Crippen molar-refractivity contribution in [3.8, 4) is 0 Å². The summed E-state index contributed by atoms with van der Waals surface area (Å²) in [6.07, 6.45) is -4.43. The number of nitrogens with one attached hydrogen (secondary N) is 1. The summed E-state index contributed by atoms with van der Waals surface area (Å²) >= 11 is 4.16. The van der Waals surface area contributed by atoms with E-state index >= 15 is 0 Å². The molecule has 0 aliphatic heterocycles. The van der Waals surface area contributed by atoms with Crippen molar-refractivity contribution >= 4 is 33.2 Å². The summed E-state index contributed by atoms with van der Waals surface area (Å²) in [6.45, 7) is -1.34. The van der Waals surface area contributed by atoms with Crippen LogP contribution in [0.3, 0.4) is 0 Å². The first-order valence-electron chi connectivity index (χ1n) is 4.07. The number of aliphatic carboxylic acids is 1. The molecule has 1 aromatic heterocycles. The van der Waals surface area contributed by atoms with Gasteiger partial charge in [0.25, 0.3) is 0 Å². The van der Waals surface area contributed by atoms with Crippen molar-refractivity contribution in [1.82, 2.24) is 5.32 Å². The smallest absolute Gasteiger partial charge is 0.401 e. The van der Waals surface area contributed by atoms with Gasteiger partial charge >= 0.3 is 12.1 Å². The lowest BCUT2D eigenvalue weighted by Gasteiger charge is -2.15. The number of carbonyl (C=O) groups is 1. The van der Waals surface area contributed by atoms with Crippen LogP contribution >= 0.6 is 27.3 Å². The minimum atomic E-state index is -4.43. The Morgan fingerprint density at radius 3 is 2.62 bits per heavy atom. The normalized spacial score (nSPS) is 13.8. The third kappa shape index (κ3) is 3.76. The van der Waals surface area contributed by atoms with Gasteiger partial charge in [-0.1, -0.05) is 0 Å². The summed E-state index contributed by atoms with van der Waals surface area (Å²) in [6, 6.07) is 0.238. The van der Waals surface area contributed by atoms with Gasteiger partial charge in [-0.05, 0) is 27.4 Å². The number of rotatable bonds is 4. The summed E-state index contributed by atoms with van der Waals surface area (Å²) in [5.41, 5.74) is 0. The number of hydrogen-bond donors (Lipinski definition) is 2. The summed E-state index contributed by atoms with van der Waals surface area (Å²) in [5.74, 6) is -1.34. The SMILES string of the molecule is O=C(O)C(NCC(F)(F)F)c1sccc1Br. The Bertz CT molecular complexity index is 380. The van der Waals surface area contributed by atoms with Crippen molar-refractivity contribution in [1.29, 1.82) is 0 Å². The zero-order chi connectivity index (χ0) is 12.3. The van der Waals surface area contributed by atoms with E-state index in [1.165, 1.54) is 0 Å². The molecule has 8 heteroatoms. The van der Waals surface area contributed by atoms with E-state index in [9.17, 15) is 18.0 Å². The quantitative estimate of drug-likeness (QED) is 0.897. The fraction of sp³-hybridized carbons (Fsp3) is 0.375. The molecule has 0 aliphatic carbocycles. The van der Waals surface area contributed by atoms with Gasteiger partial charge in [0, 0.05) is 9.35 Å². The molecular weight excluding hydrogens is 311 g/mol. The number of thiophene rings is 1. The monoisotopic (exact) mass is 317 g/mol. The van der Waals surface area contributed by atoms with Crippen molar-refractivity contribution in [2.75, 3.05) is 6.54 Å². The Morgan fingerprint density at radius 2 is 2.25 bits per heavy atom. The summed E-state index contributed by atoms with van der Waals surface area (Å²) in [4.78, 5) is 11.1. The minimum absolute atomic E-state index is 0.316. The second kappa shape index (κ2) is 5.15. The molecule has 0 radical (unpaired) electrons. The van der Waals surface area contributed by atoms with Crippen molar-refractivity contribution in [2.45, 2.75) is 12.2 Å². The lowest BCUT2D eigenvalue weighted by molar-refractivity contribution is -0.143. The maximum absolute atomic E-state index is 12.0. The number of carboxylic acids is 1. The second-order valence-electron chi connectivity index (χ2n) is 2.90. The molecule has 0 fully saturated rings. The molecule has 1 unspecified atom stereocenters.